The number of amides is 2. The third-order valence-electron chi connectivity index (χ3n) is 4.88. The number of para-hydroxylation sites is 1. The Labute approximate surface area is 148 Å². The molecule has 0 saturated carbocycles. The monoisotopic (exact) mass is 340 g/mol. The second-order valence-corrected chi connectivity index (χ2v) is 6.57. The van der Waals surface area contributed by atoms with E-state index in [-0.39, 0.29) is 24.2 Å². The molecule has 0 spiro atoms. The largest absolute Gasteiger partial charge is 0.467 e. The lowest BCUT2D eigenvalue weighted by Gasteiger charge is -2.23. The molecule has 3 rings (SSSR count). The van der Waals surface area contributed by atoms with Crippen LogP contribution in [0.25, 0.3) is 0 Å². The van der Waals surface area contributed by atoms with Crippen molar-refractivity contribution in [1.82, 2.24) is 5.32 Å². The van der Waals surface area contributed by atoms with Crippen molar-refractivity contribution in [1.29, 1.82) is 0 Å². The normalized spacial score (nSPS) is 18.4. The third kappa shape index (κ3) is 3.76. The van der Waals surface area contributed by atoms with E-state index in [9.17, 15) is 9.59 Å². The van der Waals surface area contributed by atoms with Gasteiger partial charge in [0.1, 0.15) is 5.76 Å². The average Bonchev–Trinajstić information content (AvgIpc) is 3.28. The molecule has 1 fully saturated rings. The predicted molar refractivity (Wildman–Crippen MR) is 96.2 cm³/mol. The van der Waals surface area contributed by atoms with E-state index in [1.807, 2.05) is 24.3 Å². The molecule has 1 aromatic heterocycles. The summed E-state index contributed by atoms with van der Waals surface area (Å²) in [7, 11) is 0. The van der Waals surface area contributed by atoms with Gasteiger partial charge >= 0.3 is 0 Å². The fourth-order valence-corrected chi connectivity index (χ4v) is 3.22. The van der Waals surface area contributed by atoms with Crippen LogP contribution in [-0.2, 0) is 16.1 Å². The van der Waals surface area contributed by atoms with Crippen LogP contribution in [0.4, 0.5) is 5.69 Å². The Balaban J connectivity index is 1.69. The highest BCUT2D eigenvalue weighted by Gasteiger charge is 2.36. The summed E-state index contributed by atoms with van der Waals surface area (Å²) in [6, 6.07) is 11.6. The van der Waals surface area contributed by atoms with Gasteiger partial charge in [0.25, 0.3) is 0 Å². The molecular weight excluding hydrogens is 316 g/mol. The summed E-state index contributed by atoms with van der Waals surface area (Å²) in [4.78, 5) is 26.7. The molecule has 2 atom stereocenters. The van der Waals surface area contributed by atoms with Crippen molar-refractivity contribution in [3.8, 4) is 0 Å². The first kappa shape index (κ1) is 17.3. The summed E-state index contributed by atoms with van der Waals surface area (Å²) in [5, 5.41) is 2.86. The van der Waals surface area contributed by atoms with Crippen LogP contribution in [0.3, 0.4) is 0 Å². The average molecular weight is 340 g/mol. The Kier molecular flexibility index (Phi) is 5.22. The quantitative estimate of drug-likeness (QED) is 0.876. The van der Waals surface area contributed by atoms with Crippen LogP contribution in [0, 0.1) is 5.92 Å². The second-order valence-electron chi connectivity index (χ2n) is 6.57. The first-order valence-corrected chi connectivity index (χ1v) is 8.79. The van der Waals surface area contributed by atoms with E-state index in [0.717, 1.165) is 17.7 Å². The van der Waals surface area contributed by atoms with Gasteiger partial charge in [-0.1, -0.05) is 32.0 Å². The van der Waals surface area contributed by atoms with Crippen molar-refractivity contribution in [2.24, 2.45) is 5.92 Å². The van der Waals surface area contributed by atoms with Crippen molar-refractivity contribution in [2.45, 2.75) is 39.2 Å². The summed E-state index contributed by atoms with van der Waals surface area (Å²) in [6.07, 6.45) is 2.83. The SMILES string of the molecule is CCC(C)c1ccccc1N1CC(C(=O)NCc2ccco2)CC1=O. The number of furan rings is 1. The Morgan fingerprint density at radius 2 is 2.12 bits per heavy atom. The zero-order valence-electron chi connectivity index (χ0n) is 14.7. The maximum Gasteiger partial charge on any atom is 0.227 e. The zero-order chi connectivity index (χ0) is 17.8. The second kappa shape index (κ2) is 7.55. The van der Waals surface area contributed by atoms with Crippen molar-refractivity contribution in [3.05, 3.63) is 54.0 Å². The van der Waals surface area contributed by atoms with Gasteiger partial charge in [-0.2, -0.15) is 0 Å². The molecule has 5 heteroatoms. The Morgan fingerprint density at radius 3 is 2.84 bits per heavy atom. The highest BCUT2D eigenvalue weighted by molar-refractivity contribution is 6.00. The summed E-state index contributed by atoms with van der Waals surface area (Å²) in [5.41, 5.74) is 2.10. The lowest BCUT2D eigenvalue weighted by molar-refractivity contribution is -0.126. The summed E-state index contributed by atoms with van der Waals surface area (Å²) in [6.45, 7) is 5.07. The number of hydrogen-bond donors (Lipinski definition) is 1. The Bertz CT molecular complexity index is 739. The molecule has 1 aromatic carbocycles. The highest BCUT2D eigenvalue weighted by Crippen LogP contribution is 2.33. The van der Waals surface area contributed by atoms with Gasteiger partial charge < -0.3 is 14.6 Å². The maximum absolute atomic E-state index is 12.5. The standard InChI is InChI=1S/C20H24N2O3/c1-3-14(2)17-8-4-5-9-18(17)22-13-15(11-19(22)23)20(24)21-12-16-7-6-10-25-16/h4-10,14-15H,3,11-13H2,1-2H3,(H,21,24). The number of benzene rings is 1. The van der Waals surface area contributed by atoms with E-state index in [2.05, 4.69) is 25.2 Å². The van der Waals surface area contributed by atoms with Crippen LogP contribution in [0.5, 0.6) is 0 Å². The highest BCUT2D eigenvalue weighted by atomic mass is 16.3. The zero-order valence-corrected chi connectivity index (χ0v) is 14.7. The number of carbonyl (C=O) groups is 2. The number of hydrogen-bond acceptors (Lipinski definition) is 3. The van der Waals surface area contributed by atoms with E-state index in [1.165, 1.54) is 0 Å². The van der Waals surface area contributed by atoms with Crippen LogP contribution in [-0.4, -0.2) is 18.4 Å². The molecule has 2 unspecified atom stereocenters. The van der Waals surface area contributed by atoms with Crippen LogP contribution in [0.15, 0.2) is 47.1 Å². The molecule has 2 heterocycles. The van der Waals surface area contributed by atoms with Gasteiger partial charge in [0.2, 0.25) is 11.8 Å². The molecule has 132 valence electrons. The fourth-order valence-electron chi connectivity index (χ4n) is 3.22. The topological polar surface area (TPSA) is 62.6 Å². The summed E-state index contributed by atoms with van der Waals surface area (Å²) in [5.74, 6) is 0.655. The fraction of sp³-hybridized carbons (Fsp3) is 0.400. The Hall–Kier alpha value is -2.56. The molecule has 1 aliphatic rings. The van der Waals surface area contributed by atoms with E-state index in [4.69, 9.17) is 4.42 Å². The lowest BCUT2D eigenvalue weighted by atomic mass is 9.96. The minimum Gasteiger partial charge on any atom is -0.467 e. The molecule has 0 aliphatic carbocycles. The molecule has 2 aromatic rings. The number of carbonyl (C=O) groups excluding carboxylic acids is 2. The third-order valence-corrected chi connectivity index (χ3v) is 4.88. The molecule has 0 bridgehead atoms. The van der Waals surface area contributed by atoms with E-state index >= 15 is 0 Å². The molecule has 25 heavy (non-hydrogen) atoms. The molecule has 0 radical (unpaired) electrons. The van der Waals surface area contributed by atoms with Crippen LogP contribution < -0.4 is 10.2 Å². The van der Waals surface area contributed by atoms with Gasteiger partial charge in [0.15, 0.2) is 0 Å². The summed E-state index contributed by atoms with van der Waals surface area (Å²) >= 11 is 0. The summed E-state index contributed by atoms with van der Waals surface area (Å²) < 4.78 is 5.22. The maximum atomic E-state index is 12.5. The van der Waals surface area contributed by atoms with Gasteiger partial charge in [-0.3, -0.25) is 9.59 Å². The van der Waals surface area contributed by atoms with E-state index in [1.54, 1.807) is 17.2 Å². The van der Waals surface area contributed by atoms with Crippen LogP contribution >= 0.6 is 0 Å². The van der Waals surface area contributed by atoms with Gasteiger partial charge in [-0.25, -0.2) is 0 Å². The van der Waals surface area contributed by atoms with Crippen LogP contribution in [0.2, 0.25) is 0 Å². The van der Waals surface area contributed by atoms with Crippen molar-refractivity contribution in [3.63, 3.8) is 0 Å². The molecule has 1 N–H and O–H groups in total. The van der Waals surface area contributed by atoms with Crippen molar-refractivity contribution < 1.29 is 14.0 Å². The van der Waals surface area contributed by atoms with E-state index < -0.39 is 0 Å². The minimum absolute atomic E-state index is 0.00824. The van der Waals surface area contributed by atoms with Gasteiger partial charge in [-0.05, 0) is 36.1 Å². The van der Waals surface area contributed by atoms with E-state index in [0.29, 0.717) is 24.8 Å². The van der Waals surface area contributed by atoms with Gasteiger partial charge in [0.05, 0.1) is 18.7 Å². The molecular formula is C20H24N2O3. The first-order chi connectivity index (χ1) is 12.1. The predicted octanol–water partition coefficient (Wildman–Crippen LogP) is 3.46. The molecule has 2 amide bonds. The number of nitrogens with zero attached hydrogens (tertiary/aromatic N) is 1. The van der Waals surface area contributed by atoms with Gasteiger partial charge in [-0.15, -0.1) is 0 Å². The van der Waals surface area contributed by atoms with Crippen molar-refractivity contribution in [2.75, 3.05) is 11.4 Å². The molecule has 1 saturated heterocycles. The first-order valence-electron chi connectivity index (χ1n) is 8.79. The molecule has 5 nitrogen and oxygen atoms in total. The van der Waals surface area contributed by atoms with Crippen LogP contribution in [0.1, 0.15) is 43.9 Å². The minimum atomic E-state index is -0.326. The van der Waals surface area contributed by atoms with Gasteiger partial charge in [0, 0.05) is 18.7 Å². The smallest absolute Gasteiger partial charge is 0.227 e. The van der Waals surface area contributed by atoms with Crippen molar-refractivity contribution >= 4 is 17.5 Å². The number of anilines is 1. The Morgan fingerprint density at radius 1 is 1.32 bits per heavy atom. The molecule has 1 aliphatic heterocycles. The number of nitrogens with one attached hydrogen (secondary N) is 1. The lowest BCUT2D eigenvalue weighted by Crippen LogP contribution is -2.32. The number of rotatable bonds is 6.